The summed E-state index contributed by atoms with van der Waals surface area (Å²) in [6.07, 6.45) is 0. The van der Waals surface area contributed by atoms with Crippen molar-refractivity contribution in [1.82, 2.24) is 0 Å². The largest absolute Gasteiger partial charge is 0.0622 e. The van der Waals surface area contributed by atoms with E-state index in [1.807, 2.05) is 0 Å². The summed E-state index contributed by atoms with van der Waals surface area (Å²) < 4.78 is 0. The van der Waals surface area contributed by atoms with Gasteiger partial charge in [0, 0.05) is 0 Å². The highest BCUT2D eigenvalue weighted by Gasteiger charge is 2.36. The van der Waals surface area contributed by atoms with Crippen LogP contribution in [0.4, 0.5) is 0 Å². The van der Waals surface area contributed by atoms with Crippen molar-refractivity contribution in [2.75, 3.05) is 0 Å². The summed E-state index contributed by atoms with van der Waals surface area (Å²) in [5.41, 5.74) is 38.5. The average molecular weight is 1340 g/mol. The third-order valence-electron chi connectivity index (χ3n) is 22.4. The van der Waals surface area contributed by atoms with Crippen LogP contribution in [0, 0.1) is 0 Å². The van der Waals surface area contributed by atoms with Gasteiger partial charge < -0.3 is 0 Å². The first kappa shape index (κ1) is 60.9. The van der Waals surface area contributed by atoms with Crippen LogP contribution in [0.25, 0.3) is 221 Å². The Hall–Kier alpha value is -13.8. The maximum Gasteiger partial charge on any atom is -0.000740 e. The Kier molecular flexibility index (Phi) is 14.4. The van der Waals surface area contributed by atoms with E-state index in [1.54, 1.807) is 0 Å². The molecular formula is C106H66. The van der Waals surface area contributed by atoms with E-state index in [9.17, 15) is 0 Å². The minimum Gasteiger partial charge on any atom is -0.0622 e. The predicted octanol–water partition coefficient (Wildman–Crippen LogP) is 29.6. The van der Waals surface area contributed by atoms with E-state index in [1.165, 1.54) is 221 Å². The van der Waals surface area contributed by atoms with Crippen molar-refractivity contribution in [3.63, 3.8) is 0 Å². The van der Waals surface area contributed by atoms with Gasteiger partial charge in [-0.3, -0.25) is 0 Å². The molecule has 19 aromatic carbocycles. The second-order valence-electron chi connectivity index (χ2n) is 28.5. The molecule has 2 aliphatic rings. The van der Waals surface area contributed by atoms with Crippen LogP contribution < -0.4 is 0 Å². The normalized spacial score (nSPS) is 11.8. The first-order valence-electron chi connectivity index (χ1n) is 36.8. The maximum atomic E-state index is 2.59. The van der Waals surface area contributed by atoms with Crippen molar-refractivity contribution in [3.8, 4) is 178 Å². The SMILES string of the molecule is c1ccc(-c2cc(-c3ccccc3)cc(-c3c4c(c(-c5cc(-c6ccccc6)cc(-c6ccccc6)c5)c5ccccc35)-c3ccc5c6c(ccc-4c36)-c3cc4c(-c6cc(-c7ccccc7)cc(-c7ccccc7)c6)c6ccccc6c(-c6cc(-c7ccccc7)cc(-c7ccccc7)c6)c4cc3-5)c2)cc1. The van der Waals surface area contributed by atoms with E-state index in [0.717, 1.165) is 0 Å². The number of rotatable bonds is 12. The van der Waals surface area contributed by atoms with Crippen LogP contribution in [0.15, 0.2) is 400 Å². The summed E-state index contributed by atoms with van der Waals surface area (Å²) in [4.78, 5) is 0. The highest BCUT2D eigenvalue weighted by molar-refractivity contribution is 6.34. The topological polar surface area (TPSA) is 0 Å². The lowest BCUT2D eigenvalue weighted by molar-refractivity contribution is 1.56. The number of fused-ring (bicyclic) bond motifs is 9. The van der Waals surface area contributed by atoms with Gasteiger partial charge in [0.25, 0.3) is 0 Å². The standard InChI is InChI=1S/C106H66/c1-9-29-67(30-10-1)75-53-76(68-31-11-2-12-32-68)58-83(57-75)99-87-45-25-26-46-88(87)100(84-59-77(69-33-13-3-14-34-69)54-78(60-84)70-35-15-4-16-36-70)98-66-96-92-50-52-94-104-93(51-49-91(103(92)104)95(96)65-97(98)99)105-101(85-61-79(71-37-17-5-18-38-71)55-80(62-85)72-39-19-6-20-40-72)89-47-27-28-48-90(89)102(106(94)105)86-63-81(73-41-21-7-22-42-73)56-82(64-86)74-43-23-8-24-44-74/h1-66H. The van der Waals surface area contributed by atoms with Gasteiger partial charge in [-0.05, 0) is 306 Å². The molecule has 2 aliphatic carbocycles. The Morgan fingerprint density at radius 3 is 0.509 bits per heavy atom. The van der Waals surface area contributed by atoms with Gasteiger partial charge in [0.2, 0.25) is 0 Å². The van der Waals surface area contributed by atoms with Crippen LogP contribution in [0.3, 0.4) is 0 Å². The Morgan fingerprint density at radius 2 is 0.274 bits per heavy atom. The lowest BCUT2D eigenvalue weighted by Crippen LogP contribution is -1.95. The first-order chi connectivity index (χ1) is 52.6. The van der Waals surface area contributed by atoms with Gasteiger partial charge in [-0.15, -0.1) is 0 Å². The van der Waals surface area contributed by atoms with Crippen LogP contribution >= 0.6 is 0 Å². The summed E-state index contributed by atoms with van der Waals surface area (Å²) in [5, 5.41) is 9.86. The first-order valence-corrected chi connectivity index (χ1v) is 36.8. The molecule has 0 aromatic heterocycles. The summed E-state index contributed by atoms with van der Waals surface area (Å²) in [5.74, 6) is 0. The van der Waals surface area contributed by atoms with Gasteiger partial charge in [-0.2, -0.15) is 0 Å². The molecule has 0 atom stereocenters. The molecule has 106 heavy (non-hydrogen) atoms. The molecule has 0 saturated carbocycles. The van der Waals surface area contributed by atoms with Crippen molar-refractivity contribution in [3.05, 3.63) is 400 Å². The fourth-order valence-electron chi connectivity index (χ4n) is 17.7. The van der Waals surface area contributed by atoms with E-state index in [4.69, 9.17) is 0 Å². The van der Waals surface area contributed by atoms with Crippen molar-refractivity contribution in [1.29, 1.82) is 0 Å². The lowest BCUT2D eigenvalue weighted by Gasteiger charge is -2.22. The Labute approximate surface area is 617 Å². The molecule has 19 aromatic rings. The fraction of sp³-hybridized carbons (Fsp3) is 0. The quantitative estimate of drug-likeness (QED) is 0.107. The van der Waals surface area contributed by atoms with Gasteiger partial charge in [-0.25, -0.2) is 0 Å². The number of hydrogen-bond acceptors (Lipinski definition) is 0. The van der Waals surface area contributed by atoms with Crippen LogP contribution in [-0.4, -0.2) is 0 Å². The molecule has 0 heteroatoms. The molecule has 0 heterocycles. The van der Waals surface area contributed by atoms with E-state index < -0.39 is 0 Å². The van der Waals surface area contributed by atoms with Crippen LogP contribution in [0.5, 0.6) is 0 Å². The predicted molar refractivity (Wildman–Crippen MR) is 451 cm³/mol. The number of hydrogen-bond donors (Lipinski definition) is 0. The highest BCUT2D eigenvalue weighted by atomic mass is 14.4. The minimum atomic E-state index is 1.17. The molecule has 490 valence electrons. The lowest BCUT2D eigenvalue weighted by atomic mass is 9.80. The zero-order chi connectivity index (χ0) is 69.8. The second-order valence-corrected chi connectivity index (χ2v) is 28.5. The zero-order valence-electron chi connectivity index (χ0n) is 58.1. The third kappa shape index (κ3) is 10.1. The zero-order valence-corrected chi connectivity index (χ0v) is 58.1. The van der Waals surface area contributed by atoms with Crippen LogP contribution in [-0.2, 0) is 0 Å². The van der Waals surface area contributed by atoms with Gasteiger partial charge in [0.1, 0.15) is 0 Å². The third-order valence-corrected chi connectivity index (χ3v) is 22.4. The fourth-order valence-corrected chi connectivity index (χ4v) is 17.7. The molecule has 0 fully saturated rings. The smallest absolute Gasteiger partial charge is 0.000740 e. The highest BCUT2D eigenvalue weighted by Crippen LogP contribution is 2.63. The molecule has 0 N–H and O–H groups in total. The van der Waals surface area contributed by atoms with Crippen molar-refractivity contribution in [2.24, 2.45) is 0 Å². The minimum absolute atomic E-state index is 1.17. The van der Waals surface area contributed by atoms with Gasteiger partial charge in [0.05, 0.1) is 0 Å². The molecule has 0 radical (unpaired) electrons. The van der Waals surface area contributed by atoms with Crippen molar-refractivity contribution < 1.29 is 0 Å². The van der Waals surface area contributed by atoms with Crippen molar-refractivity contribution in [2.45, 2.75) is 0 Å². The summed E-state index contributed by atoms with van der Waals surface area (Å²) in [6.45, 7) is 0. The molecule has 0 bridgehead atoms. The van der Waals surface area contributed by atoms with Crippen molar-refractivity contribution >= 4 is 43.1 Å². The van der Waals surface area contributed by atoms with Crippen LogP contribution in [0.2, 0.25) is 0 Å². The molecule has 0 saturated heterocycles. The molecule has 0 spiro atoms. The summed E-state index contributed by atoms with van der Waals surface area (Å²) in [6, 6.07) is 150. The average Bonchev–Trinajstić information content (AvgIpc) is 1.48. The Morgan fingerprint density at radius 1 is 0.0943 bits per heavy atom. The molecule has 0 unspecified atom stereocenters. The van der Waals surface area contributed by atoms with Gasteiger partial charge in [0.15, 0.2) is 0 Å². The monoisotopic (exact) mass is 1340 g/mol. The number of benzene rings is 19. The Bertz CT molecular complexity index is 6080. The van der Waals surface area contributed by atoms with E-state index in [0.29, 0.717) is 0 Å². The molecule has 0 nitrogen and oxygen atoms in total. The molecule has 0 aliphatic heterocycles. The molecule has 0 amide bonds. The summed E-state index contributed by atoms with van der Waals surface area (Å²) in [7, 11) is 0. The van der Waals surface area contributed by atoms with Gasteiger partial charge in [-0.1, -0.05) is 315 Å². The summed E-state index contributed by atoms with van der Waals surface area (Å²) >= 11 is 0. The molecule has 21 rings (SSSR count). The van der Waals surface area contributed by atoms with Crippen LogP contribution in [0.1, 0.15) is 0 Å². The molecular weight excluding hydrogens is 1270 g/mol. The van der Waals surface area contributed by atoms with E-state index in [-0.39, 0.29) is 0 Å². The second kappa shape index (κ2) is 25.0. The van der Waals surface area contributed by atoms with E-state index >= 15 is 0 Å². The van der Waals surface area contributed by atoms with E-state index in [2.05, 4.69) is 400 Å². The maximum absolute atomic E-state index is 2.59. The Balaban J connectivity index is 0.877. The van der Waals surface area contributed by atoms with Gasteiger partial charge >= 0.3 is 0 Å².